The molecular weight excluding hydrogens is 583 g/mol. The van der Waals surface area contributed by atoms with Crippen molar-refractivity contribution in [3.63, 3.8) is 0 Å². The van der Waals surface area contributed by atoms with Crippen LogP contribution >= 0.6 is 22.7 Å². The molecule has 3 unspecified atom stereocenters. The Balaban J connectivity index is 0.940. The lowest BCUT2D eigenvalue weighted by Gasteiger charge is -2.34. The number of halogens is 3. The average Bonchev–Trinajstić information content (AvgIpc) is 3.89. The standard InChI is InChI=1S/C29H24F3N7OS2/c1-13-22(42-14(2)36-13)17-11-41-25(37-17)38-21-4-3-15(8-33-21)23(40)39-20-7-28(20)18-5-26(18,12-27(39)6-19(27)28)24-34-9-16(10-35-24)29(30,31)32/h3-4,8-11,18-20H,5-7,12H2,1-2H3,(H,33,37,38)/t18?,19-,20+,26?,27?,28+/m1/s1. The van der Waals surface area contributed by atoms with Gasteiger partial charge in [0.05, 0.1) is 32.4 Å². The Kier molecular flexibility index (Phi) is 4.62. The van der Waals surface area contributed by atoms with Crippen molar-refractivity contribution in [3.05, 3.63) is 63.8 Å². The molecule has 0 radical (unpaired) electrons. The van der Waals surface area contributed by atoms with E-state index in [-0.39, 0.29) is 28.3 Å². The van der Waals surface area contributed by atoms with Gasteiger partial charge >= 0.3 is 6.18 Å². The van der Waals surface area contributed by atoms with Crippen LogP contribution in [0, 0.1) is 31.1 Å². The van der Waals surface area contributed by atoms with Gasteiger partial charge in [-0.15, -0.1) is 22.7 Å². The van der Waals surface area contributed by atoms with Gasteiger partial charge in [-0.2, -0.15) is 13.2 Å². The molecule has 1 amide bonds. The Bertz CT molecular complexity index is 1800. The molecule has 42 heavy (non-hydrogen) atoms. The van der Waals surface area contributed by atoms with Crippen LogP contribution in [0.4, 0.5) is 24.1 Å². The van der Waals surface area contributed by atoms with Gasteiger partial charge in [-0.25, -0.2) is 24.9 Å². The SMILES string of the molecule is Cc1nc(C)c(-c2csc(Nc3ccc(C(=O)N4[C@H]5C[C@@]56C5CC5(c5ncc(C(F)(F)F)cn5)CC45C[C@H]56)cn3)n2)s1. The highest BCUT2D eigenvalue weighted by Crippen LogP contribution is 2.92. The van der Waals surface area contributed by atoms with Crippen LogP contribution < -0.4 is 5.32 Å². The van der Waals surface area contributed by atoms with E-state index in [4.69, 9.17) is 4.98 Å². The van der Waals surface area contributed by atoms with Crippen LogP contribution in [-0.2, 0) is 11.6 Å². The van der Waals surface area contributed by atoms with Crippen LogP contribution in [0.2, 0.25) is 0 Å². The number of rotatable bonds is 5. The molecule has 0 aromatic carbocycles. The molecule has 5 aliphatic rings. The molecule has 1 saturated heterocycles. The number of anilines is 2. The number of piperidine rings is 2. The van der Waals surface area contributed by atoms with Crippen molar-refractivity contribution in [2.24, 2.45) is 17.3 Å². The number of likely N-dealkylation sites (tertiary alicyclic amines) is 1. The summed E-state index contributed by atoms with van der Waals surface area (Å²) in [4.78, 5) is 39.2. The third-order valence-corrected chi connectivity index (χ3v) is 12.2. The number of carbonyl (C=O) groups excluding carboxylic acids is 1. The average molecular weight is 608 g/mol. The largest absolute Gasteiger partial charge is 0.419 e. The van der Waals surface area contributed by atoms with Crippen LogP contribution in [0.15, 0.2) is 36.1 Å². The number of aryl methyl sites for hydroxylation is 2. The number of carbonyl (C=O) groups is 1. The van der Waals surface area contributed by atoms with E-state index in [0.717, 1.165) is 59.3 Å². The normalized spacial score (nSPS) is 33.1. The van der Waals surface area contributed by atoms with Crippen molar-refractivity contribution < 1.29 is 18.0 Å². The number of aromatic nitrogens is 5. The van der Waals surface area contributed by atoms with Crippen LogP contribution in [-0.4, -0.2) is 47.3 Å². The second kappa shape index (κ2) is 7.73. The maximum absolute atomic E-state index is 13.9. The molecule has 9 rings (SSSR count). The van der Waals surface area contributed by atoms with E-state index in [0.29, 0.717) is 34.2 Å². The topological polar surface area (TPSA) is 96.8 Å². The highest BCUT2D eigenvalue weighted by atomic mass is 32.1. The lowest BCUT2D eigenvalue weighted by Crippen LogP contribution is -2.44. The number of hydrogen-bond acceptors (Lipinski definition) is 9. The number of amides is 1. The first kappa shape index (κ1) is 25.1. The van der Waals surface area contributed by atoms with Crippen LogP contribution in [0.3, 0.4) is 0 Å². The summed E-state index contributed by atoms with van der Waals surface area (Å²) in [5.74, 6) is 1.89. The number of fused-ring (bicyclic) bond motifs is 1. The van der Waals surface area contributed by atoms with Crippen molar-refractivity contribution in [1.82, 2.24) is 29.8 Å². The Labute approximate surface area is 246 Å². The minimum absolute atomic E-state index is 0.0155. The molecule has 5 fully saturated rings. The third-order valence-electron chi connectivity index (χ3n) is 10.4. The van der Waals surface area contributed by atoms with E-state index >= 15 is 0 Å². The number of hydrogen-bond donors (Lipinski definition) is 1. The fourth-order valence-corrected chi connectivity index (χ4v) is 10.3. The number of pyridine rings is 1. The molecule has 4 aliphatic carbocycles. The first-order chi connectivity index (χ1) is 20.0. The summed E-state index contributed by atoms with van der Waals surface area (Å²) >= 11 is 3.11. The predicted molar refractivity (Wildman–Crippen MR) is 149 cm³/mol. The highest BCUT2D eigenvalue weighted by Gasteiger charge is 2.95. The molecule has 4 aromatic rings. The summed E-state index contributed by atoms with van der Waals surface area (Å²) in [5, 5.41) is 6.96. The van der Waals surface area contributed by atoms with E-state index in [1.165, 1.54) is 11.3 Å². The lowest BCUT2D eigenvalue weighted by atomic mass is 9.77. The number of nitrogens with zero attached hydrogens (tertiary/aromatic N) is 6. The fourth-order valence-electron chi connectivity index (χ4n) is 8.64. The smallest absolute Gasteiger partial charge is 0.329 e. The van der Waals surface area contributed by atoms with Crippen LogP contribution in [0.1, 0.15) is 58.1 Å². The van der Waals surface area contributed by atoms with E-state index in [9.17, 15) is 18.0 Å². The van der Waals surface area contributed by atoms with Crippen molar-refractivity contribution >= 4 is 39.5 Å². The predicted octanol–water partition coefficient (Wildman–Crippen LogP) is 6.17. The highest BCUT2D eigenvalue weighted by molar-refractivity contribution is 7.16. The molecule has 6 atom stereocenters. The first-order valence-corrected chi connectivity index (χ1v) is 15.6. The van der Waals surface area contributed by atoms with Gasteiger partial charge in [0.15, 0.2) is 5.13 Å². The molecule has 5 heterocycles. The van der Waals surface area contributed by atoms with Gasteiger partial charge in [-0.1, -0.05) is 0 Å². The molecule has 4 aromatic heterocycles. The van der Waals surface area contributed by atoms with E-state index in [2.05, 4.69) is 30.2 Å². The quantitative estimate of drug-likeness (QED) is 0.290. The van der Waals surface area contributed by atoms with Crippen molar-refractivity contribution in [2.75, 3.05) is 5.32 Å². The van der Waals surface area contributed by atoms with Gasteiger partial charge in [0.25, 0.3) is 5.91 Å². The zero-order valence-corrected chi connectivity index (χ0v) is 24.2. The zero-order chi connectivity index (χ0) is 28.8. The fraction of sp³-hybridized carbons (Fsp3) is 0.448. The Hall–Kier alpha value is -3.45. The summed E-state index contributed by atoms with van der Waals surface area (Å²) in [5.41, 5.74) is 1.05. The summed E-state index contributed by atoms with van der Waals surface area (Å²) in [6, 6.07) is 3.79. The monoisotopic (exact) mass is 607 g/mol. The maximum atomic E-state index is 13.9. The lowest BCUT2D eigenvalue weighted by molar-refractivity contribution is -0.138. The van der Waals surface area contributed by atoms with Crippen LogP contribution in [0.25, 0.3) is 10.6 Å². The van der Waals surface area contributed by atoms with Gasteiger partial charge in [-0.05, 0) is 63.5 Å². The molecule has 2 bridgehead atoms. The van der Waals surface area contributed by atoms with Crippen molar-refractivity contribution in [2.45, 2.75) is 62.7 Å². The first-order valence-electron chi connectivity index (χ1n) is 13.9. The maximum Gasteiger partial charge on any atom is 0.419 e. The van der Waals surface area contributed by atoms with Crippen LogP contribution in [0.5, 0.6) is 0 Å². The summed E-state index contributed by atoms with van der Waals surface area (Å²) in [7, 11) is 0. The Morgan fingerprint density at radius 1 is 1.05 bits per heavy atom. The minimum Gasteiger partial charge on any atom is -0.329 e. The molecule has 1 aliphatic heterocycles. The molecule has 1 N–H and O–H groups in total. The van der Waals surface area contributed by atoms with Gasteiger partial charge in [0.1, 0.15) is 11.6 Å². The number of alkyl halides is 3. The van der Waals surface area contributed by atoms with Gasteiger partial charge in [0, 0.05) is 46.4 Å². The van der Waals surface area contributed by atoms with Crippen molar-refractivity contribution in [3.8, 4) is 10.6 Å². The molecule has 13 heteroatoms. The zero-order valence-electron chi connectivity index (χ0n) is 22.6. The van der Waals surface area contributed by atoms with E-state index in [1.807, 2.05) is 25.3 Å². The summed E-state index contributed by atoms with van der Waals surface area (Å²) < 4.78 is 39.3. The van der Waals surface area contributed by atoms with E-state index < -0.39 is 11.7 Å². The molecule has 8 nitrogen and oxygen atoms in total. The summed E-state index contributed by atoms with van der Waals surface area (Å²) in [6.07, 6.45) is 2.51. The number of nitrogens with one attached hydrogen (secondary N) is 1. The molecular formula is C29H24F3N7OS2. The third kappa shape index (κ3) is 3.18. The van der Waals surface area contributed by atoms with E-state index in [1.54, 1.807) is 23.6 Å². The molecule has 1 spiro atoms. The second-order valence-corrected chi connectivity index (χ2v) is 14.6. The summed E-state index contributed by atoms with van der Waals surface area (Å²) in [6.45, 7) is 3.96. The van der Waals surface area contributed by atoms with Gasteiger partial charge in [0.2, 0.25) is 0 Å². The second-order valence-electron chi connectivity index (χ2n) is 12.5. The number of thiazole rings is 2. The van der Waals surface area contributed by atoms with Crippen molar-refractivity contribution in [1.29, 1.82) is 0 Å². The van der Waals surface area contributed by atoms with Gasteiger partial charge in [-0.3, -0.25) is 4.79 Å². The molecule has 4 saturated carbocycles. The van der Waals surface area contributed by atoms with Gasteiger partial charge < -0.3 is 10.2 Å². The Morgan fingerprint density at radius 3 is 2.55 bits per heavy atom. The molecule has 214 valence electrons. The minimum atomic E-state index is -4.46. The Morgan fingerprint density at radius 2 is 1.86 bits per heavy atom.